The topological polar surface area (TPSA) is 91.6 Å². The second-order valence-corrected chi connectivity index (χ2v) is 9.10. The second-order valence-electron chi connectivity index (χ2n) is 9.10. The summed E-state index contributed by atoms with van der Waals surface area (Å²) in [4.78, 5) is 12.1. The van der Waals surface area contributed by atoms with Crippen LogP contribution in [0.2, 0.25) is 0 Å². The Morgan fingerprint density at radius 3 is 2.42 bits per heavy atom. The Hall–Kier alpha value is -2.26. The van der Waals surface area contributed by atoms with Gasteiger partial charge in [0.15, 0.2) is 5.54 Å². The third kappa shape index (κ3) is 11.6. The number of rotatable bonds is 14. The maximum absolute atomic E-state index is 12.1. The number of nitrogens with zero attached hydrogens (tertiary/aromatic N) is 1. The van der Waals surface area contributed by atoms with E-state index in [0.717, 1.165) is 17.7 Å². The molecule has 1 rings (SSSR count). The molecule has 1 aromatic carbocycles. The first-order valence-electron chi connectivity index (χ1n) is 11.5. The molecule has 0 saturated carbocycles. The van der Waals surface area contributed by atoms with Crippen LogP contribution in [0.15, 0.2) is 24.3 Å². The predicted molar refractivity (Wildman–Crippen MR) is 123 cm³/mol. The van der Waals surface area contributed by atoms with Gasteiger partial charge in [-0.25, -0.2) is 4.79 Å². The van der Waals surface area contributed by atoms with Gasteiger partial charge >= 0.3 is 6.09 Å². The SMILES string of the molecule is CCCCCCCCCOc1cccc(CCC(C#N)(CO)NC(=O)OC(C)(C)C)c1. The van der Waals surface area contributed by atoms with E-state index in [0.29, 0.717) is 13.0 Å². The third-order valence-electron chi connectivity index (χ3n) is 4.98. The molecular weight excluding hydrogens is 392 g/mol. The molecule has 0 aliphatic heterocycles. The second kappa shape index (κ2) is 13.9. The highest BCUT2D eigenvalue weighted by Crippen LogP contribution is 2.20. The van der Waals surface area contributed by atoms with Crippen LogP contribution < -0.4 is 10.1 Å². The number of benzene rings is 1. The number of ether oxygens (including phenoxy) is 2. The van der Waals surface area contributed by atoms with Crippen molar-refractivity contribution < 1.29 is 19.4 Å². The van der Waals surface area contributed by atoms with E-state index in [-0.39, 0.29) is 6.42 Å². The summed E-state index contributed by atoms with van der Waals surface area (Å²) in [6.07, 6.45) is 8.75. The highest BCUT2D eigenvalue weighted by molar-refractivity contribution is 5.69. The molecule has 0 saturated heterocycles. The molecule has 1 atom stereocenters. The Bertz CT molecular complexity index is 693. The van der Waals surface area contributed by atoms with Crippen molar-refractivity contribution in [2.75, 3.05) is 13.2 Å². The molecule has 174 valence electrons. The minimum Gasteiger partial charge on any atom is -0.494 e. The number of unbranched alkanes of at least 4 members (excludes halogenated alkanes) is 6. The lowest BCUT2D eigenvalue weighted by Crippen LogP contribution is -2.52. The summed E-state index contributed by atoms with van der Waals surface area (Å²) in [5, 5.41) is 21.9. The summed E-state index contributed by atoms with van der Waals surface area (Å²) in [6, 6.07) is 9.79. The average Bonchev–Trinajstić information content (AvgIpc) is 2.72. The van der Waals surface area contributed by atoms with Crippen molar-refractivity contribution in [1.29, 1.82) is 5.26 Å². The highest BCUT2D eigenvalue weighted by atomic mass is 16.6. The van der Waals surface area contributed by atoms with Gasteiger partial charge in [-0.05, 0) is 57.7 Å². The molecule has 1 aromatic rings. The summed E-state index contributed by atoms with van der Waals surface area (Å²) in [6.45, 7) is 7.67. The number of aliphatic hydroxyl groups is 1. The fraction of sp³-hybridized carbons (Fsp3) is 0.680. The van der Waals surface area contributed by atoms with Crippen LogP contribution in [0.1, 0.15) is 84.6 Å². The third-order valence-corrected chi connectivity index (χ3v) is 4.98. The van der Waals surface area contributed by atoms with Crippen molar-refractivity contribution in [2.24, 2.45) is 0 Å². The summed E-state index contributed by atoms with van der Waals surface area (Å²) in [7, 11) is 0. The quantitative estimate of drug-likeness (QED) is 0.377. The normalized spacial score (nSPS) is 13.2. The zero-order valence-corrected chi connectivity index (χ0v) is 19.7. The molecule has 0 aromatic heterocycles. The summed E-state index contributed by atoms with van der Waals surface area (Å²) in [5.41, 5.74) is -1.09. The van der Waals surface area contributed by atoms with Gasteiger partial charge < -0.3 is 19.9 Å². The van der Waals surface area contributed by atoms with Crippen LogP contribution in [-0.2, 0) is 11.2 Å². The van der Waals surface area contributed by atoms with Gasteiger partial charge in [-0.1, -0.05) is 57.6 Å². The van der Waals surface area contributed by atoms with Crippen LogP contribution in [0.3, 0.4) is 0 Å². The lowest BCUT2D eigenvalue weighted by Gasteiger charge is -2.28. The summed E-state index contributed by atoms with van der Waals surface area (Å²) >= 11 is 0. The Kier molecular flexibility index (Phi) is 12.0. The molecular formula is C25H40N2O4. The minimum absolute atomic E-state index is 0.264. The van der Waals surface area contributed by atoms with Gasteiger partial charge in [-0.3, -0.25) is 0 Å². The van der Waals surface area contributed by atoms with E-state index in [1.807, 2.05) is 30.3 Å². The van der Waals surface area contributed by atoms with E-state index in [4.69, 9.17) is 9.47 Å². The zero-order valence-electron chi connectivity index (χ0n) is 19.7. The molecule has 0 radical (unpaired) electrons. The van der Waals surface area contributed by atoms with Crippen LogP contribution in [-0.4, -0.2) is 35.6 Å². The molecule has 6 heteroatoms. The lowest BCUT2D eigenvalue weighted by atomic mass is 9.93. The summed E-state index contributed by atoms with van der Waals surface area (Å²) < 4.78 is 11.1. The Morgan fingerprint density at radius 2 is 1.81 bits per heavy atom. The highest BCUT2D eigenvalue weighted by Gasteiger charge is 2.33. The van der Waals surface area contributed by atoms with Crippen LogP contribution >= 0.6 is 0 Å². The van der Waals surface area contributed by atoms with E-state index in [2.05, 4.69) is 12.2 Å². The first-order chi connectivity index (χ1) is 14.7. The van der Waals surface area contributed by atoms with Gasteiger partial charge in [-0.15, -0.1) is 0 Å². The van der Waals surface area contributed by atoms with Crippen molar-refractivity contribution in [3.8, 4) is 11.8 Å². The maximum atomic E-state index is 12.1. The number of aryl methyl sites for hydroxylation is 1. The number of nitrogens with one attached hydrogen (secondary N) is 1. The van der Waals surface area contributed by atoms with E-state index < -0.39 is 23.8 Å². The van der Waals surface area contributed by atoms with E-state index in [1.54, 1.807) is 20.8 Å². The Balaban J connectivity index is 2.50. The van der Waals surface area contributed by atoms with Crippen molar-refractivity contribution >= 4 is 6.09 Å². The number of hydrogen-bond donors (Lipinski definition) is 2. The monoisotopic (exact) mass is 432 g/mol. The average molecular weight is 433 g/mol. The van der Waals surface area contributed by atoms with Crippen LogP contribution in [0.25, 0.3) is 0 Å². The molecule has 2 N–H and O–H groups in total. The number of amides is 1. The fourth-order valence-corrected chi connectivity index (χ4v) is 3.20. The number of aliphatic hydroxyl groups excluding tert-OH is 1. The fourth-order valence-electron chi connectivity index (χ4n) is 3.20. The van der Waals surface area contributed by atoms with E-state index in [9.17, 15) is 15.2 Å². The molecule has 0 aliphatic carbocycles. The Morgan fingerprint density at radius 1 is 1.13 bits per heavy atom. The van der Waals surface area contributed by atoms with Crippen molar-refractivity contribution in [1.82, 2.24) is 5.32 Å². The first-order valence-corrected chi connectivity index (χ1v) is 11.5. The smallest absolute Gasteiger partial charge is 0.408 e. The van der Waals surface area contributed by atoms with Gasteiger partial charge in [0.25, 0.3) is 0 Å². The molecule has 1 unspecified atom stereocenters. The van der Waals surface area contributed by atoms with Gasteiger partial charge in [0.05, 0.1) is 19.3 Å². The summed E-state index contributed by atoms with van der Waals surface area (Å²) in [5.74, 6) is 0.801. The van der Waals surface area contributed by atoms with Gasteiger partial charge in [0.1, 0.15) is 11.4 Å². The molecule has 0 spiro atoms. The molecule has 6 nitrogen and oxygen atoms in total. The van der Waals surface area contributed by atoms with Gasteiger partial charge in [0, 0.05) is 0 Å². The molecule has 31 heavy (non-hydrogen) atoms. The number of nitriles is 1. The van der Waals surface area contributed by atoms with E-state index in [1.165, 1.54) is 38.5 Å². The molecule has 0 bridgehead atoms. The standard InChI is InChI=1S/C25H40N2O4/c1-5-6-7-8-9-10-11-17-30-22-14-12-13-21(18-22)15-16-25(19-26,20-28)27-23(29)31-24(2,3)4/h12-14,18,28H,5-11,15-17,20H2,1-4H3,(H,27,29). The maximum Gasteiger partial charge on any atom is 0.408 e. The molecule has 0 heterocycles. The minimum atomic E-state index is -1.39. The number of carbonyl (C=O) groups excluding carboxylic acids is 1. The van der Waals surface area contributed by atoms with Crippen LogP contribution in [0.5, 0.6) is 5.75 Å². The lowest BCUT2D eigenvalue weighted by molar-refractivity contribution is 0.0438. The predicted octanol–water partition coefficient (Wildman–Crippen LogP) is 5.53. The molecule has 0 fully saturated rings. The number of hydrogen-bond acceptors (Lipinski definition) is 5. The molecule has 0 aliphatic rings. The molecule has 1 amide bonds. The van der Waals surface area contributed by atoms with Crippen molar-refractivity contribution in [3.63, 3.8) is 0 Å². The van der Waals surface area contributed by atoms with Gasteiger partial charge in [-0.2, -0.15) is 5.26 Å². The number of carbonyl (C=O) groups is 1. The van der Waals surface area contributed by atoms with Crippen molar-refractivity contribution in [3.05, 3.63) is 29.8 Å². The first kappa shape index (κ1) is 26.8. The number of alkyl carbamates (subject to hydrolysis) is 1. The Labute approximate surface area is 187 Å². The van der Waals surface area contributed by atoms with Gasteiger partial charge in [0.2, 0.25) is 0 Å². The van der Waals surface area contributed by atoms with Crippen LogP contribution in [0, 0.1) is 11.3 Å². The van der Waals surface area contributed by atoms with E-state index >= 15 is 0 Å². The van der Waals surface area contributed by atoms with Crippen LogP contribution in [0.4, 0.5) is 4.79 Å². The largest absolute Gasteiger partial charge is 0.494 e. The van der Waals surface area contributed by atoms with Crippen molar-refractivity contribution in [2.45, 2.75) is 96.6 Å². The zero-order chi connectivity index (χ0) is 23.2.